The van der Waals surface area contributed by atoms with Gasteiger partial charge in [0, 0.05) is 16.5 Å². The molecule has 0 fully saturated rings. The number of aromatic carboxylic acids is 1. The third-order valence-corrected chi connectivity index (χ3v) is 6.46. The van der Waals surface area contributed by atoms with Crippen molar-refractivity contribution in [1.82, 2.24) is 5.43 Å². The topological polar surface area (TPSA) is 94.0 Å². The highest BCUT2D eigenvalue weighted by Gasteiger charge is 2.18. The fourth-order valence-corrected chi connectivity index (χ4v) is 4.24. The zero-order chi connectivity index (χ0) is 24.2. The first kappa shape index (κ1) is 24.2. The van der Waals surface area contributed by atoms with Crippen LogP contribution in [0.4, 0.5) is 5.69 Å². The number of carboxylic acids is 1. The smallest absolute Gasteiger partial charge is 0.335 e. The largest absolute Gasteiger partial charge is 0.506 e. The van der Waals surface area contributed by atoms with Gasteiger partial charge < -0.3 is 15.5 Å². The van der Waals surface area contributed by atoms with E-state index in [1.54, 1.807) is 19.1 Å². The first-order valence-electron chi connectivity index (χ1n) is 10.1. The van der Waals surface area contributed by atoms with Gasteiger partial charge in [-0.2, -0.15) is 5.10 Å². The van der Waals surface area contributed by atoms with Crippen LogP contribution in [0, 0.1) is 0 Å². The van der Waals surface area contributed by atoms with Gasteiger partial charge in [0.05, 0.1) is 21.7 Å². The molecule has 1 aromatic heterocycles. The van der Waals surface area contributed by atoms with Crippen molar-refractivity contribution in [2.45, 2.75) is 26.2 Å². The van der Waals surface area contributed by atoms with Crippen LogP contribution in [0.5, 0.6) is 5.75 Å². The third-order valence-electron chi connectivity index (χ3n) is 5.25. The van der Waals surface area contributed by atoms with Gasteiger partial charge in [-0.25, -0.2) is 4.79 Å². The predicted octanol–water partition coefficient (Wildman–Crippen LogP) is 5.99. The number of anilines is 1. The highest BCUT2D eigenvalue weighted by Crippen LogP contribution is 2.39. The van der Waals surface area contributed by atoms with Crippen molar-refractivity contribution in [2.24, 2.45) is 5.10 Å². The Labute approximate surface area is 202 Å². The van der Waals surface area contributed by atoms with Crippen molar-refractivity contribution in [1.29, 1.82) is 0 Å². The highest BCUT2D eigenvalue weighted by molar-refractivity contribution is 7.80. The van der Waals surface area contributed by atoms with Crippen molar-refractivity contribution in [3.8, 4) is 16.2 Å². The second-order valence-corrected chi connectivity index (χ2v) is 9.27. The molecule has 6 nitrogen and oxygen atoms in total. The summed E-state index contributed by atoms with van der Waals surface area (Å²) in [5.41, 5.74) is 6.52. The molecule has 3 aromatic rings. The molecule has 33 heavy (non-hydrogen) atoms. The molecule has 0 unspecified atom stereocenters. The monoisotopic (exact) mass is 479 g/mol. The van der Waals surface area contributed by atoms with Gasteiger partial charge in [0.1, 0.15) is 5.75 Å². The van der Waals surface area contributed by atoms with E-state index in [2.05, 4.69) is 36.3 Å². The van der Waals surface area contributed by atoms with Gasteiger partial charge in [-0.1, -0.05) is 50.3 Å². The number of benzene rings is 2. The van der Waals surface area contributed by atoms with Crippen molar-refractivity contribution in [2.75, 3.05) is 5.32 Å². The van der Waals surface area contributed by atoms with E-state index in [1.165, 1.54) is 23.5 Å². The Morgan fingerprint density at radius 3 is 2.55 bits per heavy atom. The molecule has 0 bridgehead atoms. The lowest BCUT2D eigenvalue weighted by Gasteiger charge is -2.20. The number of carboxylic acid groups (broad SMARTS) is 1. The van der Waals surface area contributed by atoms with E-state index in [0.717, 1.165) is 16.0 Å². The fourth-order valence-electron chi connectivity index (χ4n) is 3.07. The van der Waals surface area contributed by atoms with Crippen LogP contribution in [0.1, 0.15) is 42.3 Å². The van der Waals surface area contributed by atoms with Gasteiger partial charge >= 0.3 is 5.97 Å². The number of hydrogen-bond donors (Lipinski definition) is 4. The summed E-state index contributed by atoms with van der Waals surface area (Å²) in [6, 6.07) is 14.4. The summed E-state index contributed by atoms with van der Waals surface area (Å²) in [5.74, 6) is -0.860. The number of rotatable bonds is 7. The Bertz CT molecular complexity index is 1230. The number of thiophene rings is 1. The van der Waals surface area contributed by atoms with E-state index in [-0.39, 0.29) is 21.8 Å². The number of hydrazone groups is 1. The normalized spacial score (nSPS) is 11.7. The van der Waals surface area contributed by atoms with Gasteiger partial charge in [0.25, 0.3) is 0 Å². The molecule has 0 saturated carbocycles. The molecule has 2 aromatic carbocycles. The number of allylic oxidation sites excluding steroid dienone is 1. The molecule has 3 rings (SSSR count). The van der Waals surface area contributed by atoms with Crippen LogP contribution in [-0.4, -0.2) is 27.0 Å². The van der Waals surface area contributed by atoms with Crippen LogP contribution in [0.15, 0.2) is 71.7 Å². The van der Waals surface area contributed by atoms with E-state index in [4.69, 9.17) is 17.3 Å². The summed E-state index contributed by atoms with van der Waals surface area (Å²) in [5, 5.41) is 29.1. The Morgan fingerprint density at radius 2 is 1.91 bits per heavy atom. The molecule has 0 spiro atoms. The number of aromatic hydroxyl groups is 1. The SMILES string of the molecule is C=CC(C)(C)c1ccc(-c2scc(/C(C)=N/NC(=S)Nc3cccc(C(=O)O)c3)c2O)cc1. The molecule has 0 saturated heterocycles. The molecule has 0 atom stereocenters. The predicted molar refractivity (Wildman–Crippen MR) is 140 cm³/mol. The van der Waals surface area contributed by atoms with Crippen molar-refractivity contribution >= 4 is 46.0 Å². The minimum Gasteiger partial charge on any atom is -0.506 e. The van der Waals surface area contributed by atoms with Crippen LogP contribution in [-0.2, 0) is 5.41 Å². The molecule has 170 valence electrons. The Kier molecular flexibility index (Phi) is 7.30. The average Bonchev–Trinajstić information content (AvgIpc) is 3.19. The zero-order valence-corrected chi connectivity index (χ0v) is 20.2. The van der Waals surface area contributed by atoms with E-state index in [0.29, 0.717) is 17.0 Å². The van der Waals surface area contributed by atoms with Gasteiger partial charge in [-0.3, -0.25) is 5.43 Å². The number of nitrogens with one attached hydrogen (secondary N) is 2. The summed E-state index contributed by atoms with van der Waals surface area (Å²) in [6.45, 7) is 9.87. The minimum absolute atomic E-state index is 0.127. The number of carbonyl (C=O) groups is 1. The van der Waals surface area contributed by atoms with Crippen LogP contribution in [0.2, 0.25) is 0 Å². The number of nitrogens with zero attached hydrogens (tertiary/aromatic N) is 1. The maximum Gasteiger partial charge on any atom is 0.335 e. The second kappa shape index (κ2) is 9.97. The first-order chi connectivity index (χ1) is 15.6. The molecular weight excluding hydrogens is 454 g/mol. The number of hydrogen-bond acceptors (Lipinski definition) is 5. The molecule has 0 aliphatic rings. The standard InChI is InChI=1S/C25H25N3O3S2/c1-5-25(3,4)18-11-9-16(10-12-18)22-21(29)20(14-33-22)15(2)27-28-24(32)26-19-8-6-7-17(13-19)23(30)31/h5-14,29H,1H2,2-4H3,(H,30,31)(H2,26,28,32)/b27-15+. The maximum atomic E-state index is 11.1. The summed E-state index contributed by atoms with van der Waals surface area (Å²) in [4.78, 5) is 11.9. The van der Waals surface area contributed by atoms with Crippen molar-refractivity contribution in [3.63, 3.8) is 0 Å². The fraction of sp³-hybridized carbons (Fsp3) is 0.160. The second-order valence-electron chi connectivity index (χ2n) is 7.98. The molecule has 0 aliphatic carbocycles. The molecule has 0 radical (unpaired) electrons. The van der Waals surface area contributed by atoms with Gasteiger partial charge in [0.15, 0.2) is 5.11 Å². The molecule has 8 heteroatoms. The maximum absolute atomic E-state index is 11.1. The van der Waals surface area contributed by atoms with Crippen LogP contribution < -0.4 is 10.7 Å². The van der Waals surface area contributed by atoms with E-state index < -0.39 is 5.97 Å². The molecular formula is C25H25N3O3S2. The summed E-state index contributed by atoms with van der Waals surface area (Å²) in [6.07, 6.45) is 1.91. The Hall–Kier alpha value is -3.49. The highest BCUT2D eigenvalue weighted by atomic mass is 32.1. The number of thiocarbonyl (C=S) groups is 1. The lowest BCUT2D eigenvalue weighted by Crippen LogP contribution is -2.25. The van der Waals surface area contributed by atoms with Gasteiger partial charge in [-0.05, 0) is 48.5 Å². The minimum atomic E-state index is -1.02. The van der Waals surface area contributed by atoms with E-state index >= 15 is 0 Å². The summed E-state index contributed by atoms with van der Waals surface area (Å²) >= 11 is 6.67. The molecule has 0 aliphatic heterocycles. The average molecular weight is 480 g/mol. The van der Waals surface area contributed by atoms with Crippen molar-refractivity contribution in [3.05, 3.63) is 83.3 Å². The van der Waals surface area contributed by atoms with Crippen LogP contribution in [0.25, 0.3) is 10.4 Å². The lowest BCUT2D eigenvalue weighted by molar-refractivity contribution is 0.0697. The third kappa shape index (κ3) is 5.66. The van der Waals surface area contributed by atoms with Gasteiger partial charge in [0.2, 0.25) is 0 Å². The van der Waals surface area contributed by atoms with Crippen molar-refractivity contribution < 1.29 is 15.0 Å². The molecule has 0 amide bonds. The molecule has 1 heterocycles. The quantitative estimate of drug-likeness (QED) is 0.144. The van der Waals surface area contributed by atoms with Crippen LogP contribution >= 0.6 is 23.6 Å². The van der Waals surface area contributed by atoms with E-state index in [9.17, 15) is 9.90 Å². The summed E-state index contributed by atoms with van der Waals surface area (Å²) in [7, 11) is 0. The van der Waals surface area contributed by atoms with E-state index in [1.807, 2.05) is 35.7 Å². The lowest BCUT2D eigenvalue weighted by atomic mass is 9.84. The Balaban J connectivity index is 1.71. The van der Waals surface area contributed by atoms with Gasteiger partial charge in [-0.15, -0.1) is 17.9 Å². The summed E-state index contributed by atoms with van der Waals surface area (Å²) < 4.78 is 0. The Morgan fingerprint density at radius 1 is 1.21 bits per heavy atom. The zero-order valence-electron chi connectivity index (χ0n) is 18.5. The molecule has 4 N–H and O–H groups in total. The van der Waals surface area contributed by atoms with Crippen LogP contribution in [0.3, 0.4) is 0 Å². The first-order valence-corrected chi connectivity index (χ1v) is 11.4.